The van der Waals surface area contributed by atoms with E-state index in [0.29, 0.717) is 11.1 Å². The Morgan fingerprint density at radius 2 is 1.96 bits per heavy atom. The van der Waals surface area contributed by atoms with Crippen molar-refractivity contribution in [1.29, 1.82) is 0 Å². The first-order valence-corrected chi connectivity index (χ1v) is 9.52. The van der Waals surface area contributed by atoms with Gasteiger partial charge < -0.3 is 9.88 Å². The number of aromatic nitrogens is 3. The molecule has 0 spiro atoms. The molecule has 2 aromatic heterocycles. The summed E-state index contributed by atoms with van der Waals surface area (Å²) in [4.78, 5) is 21.7. The van der Waals surface area contributed by atoms with Gasteiger partial charge in [-0.15, -0.1) is 0 Å². The number of nitrogens with one attached hydrogen (secondary N) is 1. The van der Waals surface area contributed by atoms with Gasteiger partial charge in [0.2, 0.25) is 5.91 Å². The minimum Gasteiger partial charge on any atom is -0.329 e. The molecule has 1 N–H and O–H groups in total. The summed E-state index contributed by atoms with van der Waals surface area (Å²) in [6.07, 6.45) is 9.89. The molecule has 0 saturated heterocycles. The fourth-order valence-corrected chi connectivity index (χ4v) is 4.56. The number of hydrogen-bond acceptors (Lipinski definition) is 3. The molecule has 5 nitrogen and oxygen atoms in total. The quantitative estimate of drug-likeness (QED) is 0.716. The summed E-state index contributed by atoms with van der Waals surface area (Å²) in [6.45, 7) is 0. The summed E-state index contributed by atoms with van der Waals surface area (Å²) < 4.78 is 2.27. The molecule has 1 saturated carbocycles. The number of hydrogen-bond donors (Lipinski definition) is 1. The van der Waals surface area contributed by atoms with Crippen LogP contribution in [0.4, 0.5) is 5.69 Å². The number of rotatable bonds is 2. The minimum absolute atomic E-state index is 0.0623. The van der Waals surface area contributed by atoms with E-state index in [9.17, 15) is 4.79 Å². The van der Waals surface area contributed by atoms with Gasteiger partial charge in [0.1, 0.15) is 17.9 Å². The number of fused-ring (bicyclic) bond motifs is 2. The van der Waals surface area contributed by atoms with E-state index in [1.807, 2.05) is 12.1 Å². The number of carbonyl (C=O) groups is 1. The lowest BCUT2D eigenvalue weighted by Crippen LogP contribution is -2.16. The van der Waals surface area contributed by atoms with E-state index in [1.54, 1.807) is 12.4 Å². The molecule has 1 atom stereocenters. The number of halogens is 1. The third-order valence-corrected chi connectivity index (χ3v) is 5.86. The van der Waals surface area contributed by atoms with Gasteiger partial charge in [-0.2, -0.15) is 0 Å². The van der Waals surface area contributed by atoms with Crippen molar-refractivity contribution in [3.05, 3.63) is 53.1 Å². The van der Waals surface area contributed by atoms with Crippen LogP contribution in [0.2, 0.25) is 5.02 Å². The fraction of sp³-hybridized carbons (Fsp3) is 0.350. The molecule has 1 aliphatic heterocycles. The molecular formula is C20H19ClN4O. The molecule has 26 heavy (non-hydrogen) atoms. The molecule has 6 heteroatoms. The highest BCUT2D eigenvalue weighted by Crippen LogP contribution is 2.40. The molecule has 1 unspecified atom stereocenters. The number of carbonyl (C=O) groups excluding carboxylic acids is 1. The highest BCUT2D eigenvalue weighted by atomic mass is 35.5. The topological polar surface area (TPSA) is 59.8 Å². The molecule has 1 amide bonds. The Morgan fingerprint density at radius 1 is 1.12 bits per heavy atom. The Bertz CT molecular complexity index is 1010. The monoisotopic (exact) mass is 366 g/mol. The Hall–Kier alpha value is -2.40. The van der Waals surface area contributed by atoms with Crippen molar-refractivity contribution in [1.82, 2.24) is 14.5 Å². The van der Waals surface area contributed by atoms with Crippen LogP contribution in [0.1, 0.15) is 55.3 Å². The minimum atomic E-state index is -0.448. The van der Waals surface area contributed by atoms with Gasteiger partial charge in [-0.3, -0.25) is 4.79 Å². The summed E-state index contributed by atoms with van der Waals surface area (Å²) in [5, 5.41) is 4.51. The second-order valence-electron chi connectivity index (χ2n) is 7.16. The smallest absolute Gasteiger partial charge is 0.238 e. The maximum atomic E-state index is 12.7. The van der Waals surface area contributed by atoms with Crippen molar-refractivity contribution < 1.29 is 4.79 Å². The molecule has 3 heterocycles. The van der Waals surface area contributed by atoms with Crippen LogP contribution in [-0.4, -0.2) is 20.4 Å². The number of amides is 1. The summed E-state index contributed by atoms with van der Waals surface area (Å²) in [5.41, 5.74) is 3.36. The predicted molar refractivity (Wildman–Crippen MR) is 102 cm³/mol. The second-order valence-corrected chi connectivity index (χ2v) is 7.60. The van der Waals surface area contributed by atoms with Crippen LogP contribution in [0, 0.1) is 0 Å². The normalized spacial score (nSPS) is 20.3. The molecule has 1 aromatic carbocycles. The molecule has 1 fully saturated rings. The first kappa shape index (κ1) is 15.8. The highest BCUT2D eigenvalue weighted by molar-refractivity contribution is 6.31. The summed E-state index contributed by atoms with van der Waals surface area (Å²) in [5.74, 6) is -0.510. The summed E-state index contributed by atoms with van der Waals surface area (Å²) in [7, 11) is 0. The largest absolute Gasteiger partial charge is 0.329 e. The van der Waals surface area contributed by atoms with Crippen molar-refractivity contribution in [2.75, 3.05) is 5.32 Å². The molecule has 1 aliphatic carbocycles. The third-order valence-electron chi connectivity index (χ3n) is 5.63. The number of anilines is 1. The lowest BCUT2D eigenvalue weighted by molar-refractivity contribution is -0.116. The van der Waals surface area contributed by atoms with E-state index in [0.717, 1.165) is 28.0 Å². The van der Waals surface area contributed by atoms with Crippen LogP contribution in [0.15, 0.2) is 36.8 Å². The number of benzene rings is 1. The zero-order valence-electron chi connectivity index (χ0n) is 14.3. The van der Waals surface area contributed by atoms with E-state index >= 15 is 0 Å². The second kappa shape index (κ2) is 6.09. The van der Waals surface area contributed by atoms with E-state index in [1.165, 1.54) is 32.1 Å². The van der Waals surface area contributed by atoms with Gasteiger partial charge in [0, 0.05) is 28.3 Å². The third kappa shape index (κ3) is 2.42. The molecule has 3 aromatic rings. The van der Waals surface area contributed by atoms with Gasteiger partial charge >= 0.3 is 0 Å². The van der Waals surface area contributed by atoms with Crippen molar-refractivity contribution in [2.24, 2.45) is 0 Å². The lowest BCUT2D eigenvalue weighted by atomic mass is 9.94. The van der Waals surface area contributed by atoms with Crippen molar-refractivity contribution >= 4 is 34.2 Å². The first-order chi connectivity index (χ1) is 12.7. The molecule has 0 radical (unpaired) electrons. The highest BCUT2D eigenvalue weighted by Gasteiger charge is 2.35. The van der Waals surface area contributed by atoms with E-state index < -0.39 is 5.92 Å². The van der Waals surface area contributed by atoms with Gasteiger partial charge in [-0.25, -0.2) is 9.97 Å². The Morgan fingerprint density at radius 3 is 2.81 bits per heavy atom. The summed E-state index contributed by atoms with van der Waals surface area (Å²) in [6, 6.07) is 8.03. The molecule has 2 aliphatic rings. The molecule has 132 valence electrons. The van der Waals surface area contributed by atoms with Crippen molar-refractivity contribution in [3.8, 4) is 0 Å². The molecule has 0 bridgehead atoms. The van der Waals surface area contributed by atoms with Crippen LogP contribution >= 0.6 is 11.6 Å². The number of nitrogens with zero attached hydrogens (tertiary/aromatic N) is 3. The van der Waals surface area contributed by atoms with E-state index in [-0.39, 0.29) is 5.91 Å². The van der Waals surface area contributed by atoms with Gasteiger partial charge in [0.05, 0.1) is 5.69 Å². The Labute approximate surface area is 156 Å². The van der Waals surface area contributed by atoms with Gasteiger partial charge in [-0.05, 0) is 42.7 Å². The van der Waals surface area contributed by atoms with E-state index in [2.05, 4.69) is 32.1 Å². The average molecular weight is 367 g/mol. The van der Waals surface area contributed by atoms with Gasteiger partial charge in [0.15, 0.2) is 0 Å². The van der Waals surface area contributed by atoms with E-state index in [4.69, 9.17) is 11.6 Å². The molecule has 5 rings (SSSR count). The van der Waals surface area contributed by atoms with Crippen LogP contribution in [0.25, 0.3) is 11.0 Å². The summed E-state index contributed by atoms with van der Waals surface area (Å²) >= 11 is 6.17. The van der Waals surface area contributed by atoms with Crippen LogP contribution in [-0.2, 0) is 4.79 Å². The predicted octanol–water partition coefficient (Wildman–Crippen LogP) is 4.67. The fourth-order valence-electron chi connectivity index (χ4n) is 4.38. The van der Waals surface area contributed by atoms with Gasteiger partial charge in [0.25, 0.3) is 0 Å². The average Bonchev–Trinajstić information content (AvgIpc) is 3.23. The Balaban J connectivity index is 1.63. The van der Waals surface area contributed by atoms with Gasteiger partial charge in [-0.1, -0.05) is 30.9 Å². The van der Waals surface area contributed by atoms with Crippen molar-refractivity contribution in [3.63, 3.8) is 0 Å². The lowest BCUT2D eigenvalue weighted by Gasteiger charge is -2.23. The maximum absolute atomic E-state index is 12.7. The van der Waals surface area contributed by atoms with Crippen LogP contribution in [0.5, 0.6) is 0 Å². The Kier molecular flexibility index (Phi) is 3.71. The maximum Gasteiger partial charge on any atom is 0.238 e. The first-order valence-electron chi connectivity index (χ1n) is 9.14. The van der Waals surface area contributed by atoms with Crippen LogP contribution in [0.3, 0.4) is 0 Å². The standard InChI is InChI=1S/C20H19ClN4O/c21-12-6-7-16-15(10-12)17(20(26)24-16)18-14-8-9-25(19(14)23-11-22-18)13-4-2-1-3-5-13/h6-11,13,17H,1-5H2,(H,24,26). The molecular weight excluding hydrogens is 348 g/mol. The van der Waals surface area contributed by atoms with Crippen molar-refractivity contribution in [2.45, 2.75) is 44.1 Å². The SMILES string of the molecule is O=C1Nc2ccc(Cl)cc2C1c1ncnc2c1ccn2C1CCCCC1. The zero-order chi connectivity index (χ0) is 17.7. The zero-order valence-corrected chi connectivity index (χ0v) is 15.0. The van der Waals surface area contributed by atoms with Crippen LogP contribution < -0.4 is 5.32 Å².